The van der Waals surface area contributed by atoms with Crippen LogP contribution < -0.4 is 5.32 Å². The summed E-state index contributed by atoms with van der Waals surface area (Å²) < 4.78 is 1.16. The van der Waals surface area contributed by atoms with Gasteiger partial charge >= 0.3 is 0 Å². The minimum Gasteiger partial charge on any atom is -0.301 e. The number of hydrogen-bond donors (Lipinski definition) is 1. The molecule has 7 heteroatoms. The highest BCUT2D eigenvalue weighted by molar-refractivity contribution is 7.18. The molecule has 2 aromatic heterocycles. The molecule has 1 aromatic carbocycles. The van der Waals surface area contributed by atoms with Crippen LogP contribution >= 0.6 is 22.7 Å². The molecule has 0 unspecified atom stereocenters. The highest BCUT2D eigenvalue weighted by Crippen LogP contribution is 2.23. The van der Waals surface area contributed by atoms with Crippen LogP contribution in [0, 0.1) is 5.92 Å². The Morgan fingerprint density at radius 3 is 2.78 bits per heavy atom. The first kappa shape index (κ1) is 16.0. The number of fused-ring (bicyclic) bond motifs is 1. The molecule has 0 aliphatic carbocycles. The molecule has 3 rings (SSSR count). The predicted molar refractivity (Wildman–Crippen MR) is 95.0 cm³/mol. The van der Waals surface area contributed by atoms with E-state index in [1.807, 2.05) is 24.3 Å². The Balaban J connectivity index is 1.54. The van der Waals surface area contributed by atoms with Gasteiger partial charge in [0.05, 0.1) is 15.2 Å². The van der Waals surface area contributed by atoms with Gasteiger partial charge in [0.15, 0.2) is 0 Å². The van der Waals surface area contributed by atoms with E-state index in [0.717, 1.165) is 26.7 Å². The van der Waals surface area contributed by atoms with Crippen molar-refractivity contribution >= 4 is 43.9 Å². The van der Waals surface area contributed by atoms with Gasteiger partial charge in [-0.3, -0.25) is 4.79 Å². The van der Waals surface area contributed by atoms with Crippen molar-refractivity contribution in [1.29, 1.82) is 0 Å². The largest absolute Gasteiger partial charge is 0.301 e. The smallest absolute Gasteiger partial charge is 0.226 e. The average molecular weight is 346 g/mol. The number of carbonyl (C=O) groups is 1. The number of amides is 1. The Kier molecular flexibility index (Phi) is 4.97. The van der Waals surface area contributed by atoms with Crippen LogP contribution in [0.1, 0.15) is 30.3 Å². The minimum absolute atomic E-state index is 0.0449. The van der Waals surface area contributed by atoms with E-state index >= 15 is 0 Å². The SMILES string of the molecule is CC(C)Cc1nnc(NC(=O)CCc2nc3ccccc3s2)s1. The number of thiazole rings is 1. The summed E-state index contributed by atoms with van der Waals surface area (Å²) in [6, 6.07) is 8.02. The summed E-state index contributed by atoms with van der Waals surface area (Å²) in [5, 5.41) is 13.5. The van der Waals surface area contributed by atoms with Crippen LogP contribution in [0.25, 0.3) is 10.2 Å². The normalized spacial score (nSPS) is 11.3. The Hall–Kier alpha value is -1.86. The monoisotopic (exact) mass is 346 g/mol. The van der Waals surface area contributed by atoms with E-state index in [1.165, 1.54) is 11.3 Å². The Morgan fingerprint density at radius 1 is 1.17 bits per heavy atom. The van der Waals surface area contributed by atoms with Gasteiger partial charge in [-0.2, -0.15) is 0 Å². The van der Waals surface area contributed by atoms with Gasteiger partial charge in [0.25, 0.3) is 0 Å². The lowest BCUT2D eigenvalue weighted by Gasteiger charge is -1.99. The minimum atomic E-state index is -0.0449. The van der Waals surface area contributed by atoms with Crippen molar-refractivity contribution in [3.63, 3.8) is 0 Å². The first-order chi connectivity index (χ1) is 11.1. The van der Waals surface area contributed by atoms with Gasteiger partial charge in [0.1, 0.15) is 5.01 Å². The zero-order chi connectivity index (χ0) is 16.2. The van der Waals surface area contributed by atoms with Crippen LogP contribution in [0.4, 0.5) is 5.13 Å². The summed E-state index contributed by atoms with van der Waals surface area (Å²) in [4.78, 5) is 16.6. The predicted octanol–water partition coefficient (Wildman–Crippen LogP) is 3.92. The third kappa shape index (κ3) is 4.33. The first-order valence-electron chi connectivity index (χ1n) is 7.57. The molecule has 5 nitrogen and oxygen atoms in total. The molecule has 0 spiro atoms. The van der Waals surface area contributed by atoms with Crippen LogP contribution in [0.15, 0.2) is 24.3 Å². The molecule has 1 N–H and O–H groups in total. The summed E-state index contributed by atoms with van der Waals surface area (Å²) >= 11 is 3.09. The zero-order valence-corrected chi connectivity index (χ0v) is 14.7. The van der Waals surface area contributed by atoms with Gasteiger partial charge in [-0.1, -0.05) is 37.3 Å². The van der Waals surface area contributed by atoms with Crippen LogP contribution in [-0.4, -0.2) is 21.1 Å². The van der Waals surface area contributed by atoms with Gasteiger partial charge in [-0.25, -0.2) is 4.98 Å². The Labute approximate surface area is 142 Å². The van der Waals surface area contributed by atoms with Crippen molar-refractivity contribution in [3.05, 3.63) is 34.3 Å². The second-order valence-electron chi connectivity index (χ2n) is 5.72. The number of carbonyl (C=O) groups excluding carboxylic acids is 1. The van der Waals surface area contributed by atoms with Gasteiger partial charge in [-0.15, -0.1) is 21.5 Å². The molecule has 0 saturated carbocycles. The molecule has 120 valence electrons. The van der Waals surface area contributed by atoms with Crippen molar-refractivity contribution in [2.45, 2.75) is 33.1 Å². The second kappa shape index (κ2) is 7.14. The number of aromatic nitrogens is 3. The maximum atomic E-state index is 12.0. The number of nitrogens with zero attached hydrogens (tertiary/aromatic N) is 3. The highest BCUT2D eigenvalue weighted by atomic mass is 32.1. The van der Waals surface area contributed by atoms with E-state index in [9.17, 15) is 4.79 Å². The van der Waals surface area contributed by atoms with Crippen LogP contribution in [0.3, 0.4) is 0 Å². The number of para-hydroxylation sites is 1. The molecule has 1 amide bonds. The van der Waals surface area contributed by atoms with Crippen LogP contribution in [-0.2, 0) is 17.6 Å². The van der Waals surface area contributed by atoms with Crippen LogP contribution in [0.2, 0.25) is 0 Å². The summed E-state index contributed by atoms with van der Waals surface area (Å²) in [5.41, 5.74) is 0.996. The molecule has 0 saturated heterocycles. The number of aryl methyl sites for hydroxylation is 1. The van der Waals surface area contributed by atoms with Crippen molar-refractivity contribution in [2.75, 3.05) is 5.32 Å². The number of hydrogen-bond acceptors (Lipinski definition) is 6. The standard InChI is InChI=1S/C16H18N4OS2/c1-10(2)9-15-19-20-16(23-15)18-13(21)7-8-14-17-11-5-3-4-6-12(11)22-14/h3-6,10H,7-9H2,1-2H3,(H,18,20,21). The highest BCUT2D eigenvalue weighted by Gasteiger charge is 2.11. The lowest BCUT2D eigenvalue weighted by Crippen LogP contribution is -2.12. The summed E-state index contributed by atoms with van der Waals surface area (Å²) in [5.74, 6) is 0.488. The molecule has 2 heterocycles. The fraction of sp³-hybridized carbons (Fsp3) is 0.375. The molecule has 0 aliphatic heterocycles. The number of benzene rings is 1. The number of nitrogens with one attached hydrogen (secondary N) is 1. The molecule has 23 heavy (non-hydrogen) atoms. The molecule has 0 bridgehead atoms. The quantitative estimate of drug-likeness (QED) is 0.734. The lowest BCUT2D eigenvalue weighted by molar-refractivity contribution is -0.116. The maximum absolute atomic E-state index is 12.0. The summed E-state index contributed by atoms with van der Waals surface area (Å²) in [6.45, 7) is 4.27. The first-order valence-corrected chi connectivity index (χ1v) is 9.20. The Morgan fingerprint density at radius 2 is 2.00 bits per heavy atom. The van der Waals surface area contributed by atoms with Crippen molar-refractivity contribution < 1.29 is 4.79 Å². The van der Waals surface area contributed by atoms with Crippen molar-refractivity contribution in [1.82, 2.24) is 15.2 Å². The summed E-state index contributed by atoms with van der Waals surface area (Å²) in [6.07, 6.45) is 1.93. The third-order valence-corrected chi connectivity index (χ3v) is 5.16. The maximum Gasteiger partial charge on any atom is 0.226 e. The summed E-state index contributed by atoms with van der Waals surface area (Å²) in [7, 11) is 0. The van der Waals surface area contributed by atoms with Crippen molar-refractivity contribution in [2.24, 2.45) is 5.92 Å². The van der Waals surface area contributed by atoms with Gasteiger partial charge in [0, 0.05) is 19.3 Å². The topological polar surface area (TPSA) is 67.8 Å². The number of rotatable bonds is 6. The molecule has 0 atom stereocenters. The zero-order valence-electron chi connectivity index (χ0n) is 13.1. The van der Waals surface area contributed by atoms with Gasteiger partial charge < -0.3 is 5.32 Å². The molecule has 0 radical (unpaired) electrons. The average Bonchev–Trinajstić information content (AvgIpc) is 3.10. The lowest BCUT2D eigenvalue weighted by atomic mass is 10.1. The van der Waals surface area contributed by atoms with Gasteiger partial charge in [0.2, 0.25) is 11.0 Å². The van der Waals surface area contributed by atoms with E-state index in [2.05, 4.69) is 34.3 Å². The van der Waals surface area contributed by atoms with Crippen LogP contribution in [0.5, 0.6) is 0 Å². The van der Waals surface area contributed by atoms with E-state index in [1.54, 1.807) is 11.3 Å². The van der Waals surface area contributed by atoms with Crippen molar-refractivity contribution in [3.8, 4) is 0 Å². The number of anilines is 1. The third-order valence-electron chi connectivity index (χ3n) is 3.20. The molecule has 0 aliphatic rings. The van der Waals surface area contributed by atoms with E-state index in [-0.39, 0.29) is 5.91 Å². The molecular formula is C16H18N4OS2. The fourth-order valence-electron chi connectivity index (χ4n) is 2.16. The fourth-order valence-corrected chi connectivity index (χ4v) is 4.10. The van der Waals surface area contributed by atoms with E-state index in [0.29, 0.717) is 23.9 Å². The van der Waals surface area contributed by atoms with E-state index < -0.39 is 0 Å². The van der Waals surface area contributed by atoms with E-state index in [4.69, 9.17) is 0 Å². The second-order valence-corrected chi connectivity index (χ2v) is 7.90. The molecule has 3 aromatic rings. The van der Waals surface area contributed by atoms with Gasteiger partial charge in [-0.05, 0) is 18.1 Å². The molecular weight excluding hydrogens is 328 g/mol. The molecule has 0 fully saturated rings. The Bertz CT molecular complexity index is 776.